The van der Waals surface area contributed by atoms with Crippen LogP contribution in [-0.4, -0.2) is 58.6 Å². The predicted molar refractivity (Wildman–Crippen MR) is 105 cm³/mol. The summed E-state index contributed by atoms with van der Waals surface area (Å²) in [5, 5.41) is 10.1. The number of amides is 1. The lowest BCUT2D eigenvalue weighted by Gasteiger charge is -2.71. The molecule has 2 heterocycles. The first kappa shape index (κ1) is 17.0. The smallest absolute Gasteiger partial charge is 0.253 e. The molecule has 2 aromatic carbocycles. The highest BCUT2D eigenvalue weighted by molar-refractivity contribution is 5.95. The highest BCUT2D eigenvalue weighted by Crippen LogP contribution is 2.55. The maximum atomic E-state index is 12.8. The van der Waals surface area contributed by atoms with Gasteiger partial charge in [0, 0.05) is 37.2 Å². The van der Waals surface area contributed by atoms with Crippen molar-refractivity contribution in [3.05, 3.63) is 71.8 Å². The van der Waals surface area contributed by atoms with Gasteiger partial charge in [0.1, 0.15) is 0 Å². The van der Waals surface area contributed by atoms with Crippen molar-refractivity contribution in [3.8, 4) is 0 Å². The topological polar surface area (TPSA) is 43.8 Å². The molecule has 1 amide bonds. The van der Waals surface area contributed by atoms with E-state index in [1.165, 1.54) is 18.4 Å². The molecule has 0 radical (unpaired) electrons. The Balaban J connectivity index is 1.40. The average molecular weight is 362 g/mol. The van der Waals surface area contributed by atoms with Gasteiger partial charge in [-0.1, -0.05) is 48.5 Å². The maximum Gasteiger partial charge on any atom is 0.253 e. The largest absolute Gasteiger partial charge is 0.395 e. The molecule has 2 saturated heterocycles. The molecule has 1 saturated carbocycles. The van der Waals surface area contributed by atoms with Crippen molar-refractivity contribution in [3.63, 3.8) is 0 Å². The predicted octanol–water partition coefficient (Wildman–Crippen LogP) is 2.75. The number of nitrogens with zero attached hydrogens (tertiary/aromatic N) is 2. The molecule has 0 bridgehead atoms. The average Bonchev–Trinajstić information content (AvgIpc) is 3.49. The number of likely N-dealkylation sites (tertiary alicyclic amines) is 2. The number of hydrogen-bond donors (Lipinski definition) is 1. The van der Waals surface area contributed by atoms with E-state index in [1.54, 1.807) is 0 Å². The van der Waals surface area contributed by atoms with Crippen LogP contribution in [0, 0.1) is 5.92 Å². The van der Waals surface area contributed by atoms with Crippen LogP contribution in [0.3, 0.4) is 0 Å². The van der Waals surface area contributed by atoms with Crippen molar-refractivity contribution in [2.75, 3.05) is 26.2 Å². The van der Waals surface area contributed by atoms with Crippen LogP contribution < -0.4 is 0 Å². The van der Waals surface area contributed by atoms with E-state index < -0.39 is 0 Å². The molecule has 3 fully saturated rings. The zero-order valence-corrected chi connectivity index (χ0v) is 15.5. The third kappa shape index (κ3) is 2.70. The number of benzene rings is 2. The Kier molecular flexibility index (Phi) is 4.06. The van der Waals surface area contributed by atoms with Gasteiger partial charge in [-0.05, 0) is 36.5 Å². The Hall–Kier alpha value is -2.17. The van der Waals surface area contributed by atoms with Crippen LogP contribution in [0.25, 0.3) is 0 Å². The summed E-state index contributed by atoms with van der Waals surface area (Å²) in [5.74, 6) is 1.18. The molecule has 27 heavy (non-hydrogen) atoms. The van der Waals surface area contributed by atoms with E-state index in [0.29, 0.717) is 5.92 Å². The number of hydrogen-bond acceptors (Lipinski definition) is 3. The van der Waals surface area contributed by atoms with Gasteiger partial charge in [-0.25, -0.2) is 0 Å². The number of carbonyl (C=O) groups is 1. The maximum absolute atomic E-state index is 12.8. The Morgan fingerprint density at radius 1 is 1.00 bits per heavy atom. The number of carbonyl (C=O) groups excluding carboxylic acids is 1. The van der Waals surface area contributed by atoms with E-state index in [-0.39, 0.29) is 24.1 Å². The highest BCUT2D eigenvalue weighted by atomic mass is 16.3. The van der Waals surface area contributed by atoms with E-state index >= 15 is 0 Å². The number of aliphatic hydroxyl groups excluding tert-OH is 1. The normalized spacial score (nSPS) is 26.5. The second-order valence-electron chi connectivity index (χ2n) is 8.36. The van der Waals surface area contributed by atoms with E-state index in [9.17, 15) is 9.90 Å². The summed E-state index contributed by atoms with van der Waals surface area (Å²) >= 11 is 0. The summed E-state index contributed by atoms with van der Waals surface area (Å²) in [6.45, 7) is 2.75. The molecular formula is C23H26N2O2. The Morgan fingerprint density at radius 2 is 1.63 bits per heavy atom. The van der Waals surface area contributed by atoms with Crippen LogP contribution in [-0.2, 0) is 0 Å². The molecule has 4 nitrogen and oxygen atoms in total. The van der Waals surface area contributed by atoms with Gasteiger partial charge in [-0.2, -0.15) is 0 Å². The van der Waals surface area contributed by atoms with E-state index in [2.05, 4.69) is 29.2 Å². The molecule has 1 spiro atoms. The van der Waals surface area contributed by atoms with Gasteiger partial charge in [0.15, 0.2) is 0 Å². The van der Waals surface area contributed by atoms with Crippen LogP contribution in [0.15, 0.2) is 60.7 Å². The molecule has 140 valence electrons. The minimum atomic E-state index is -0.0121. The molecule has 0 unspecified atom stereocenters. The van der Waals surface area contributed by atoms with Gasteiger partial charge in [-0.15, -0.1) is 0 Å². The zero-order chi connectivity index (χ0) is 18.4. The van der Waals surface area contributed by atoms with Gasteiger partial charge in [0.05, 0.1) is 12.1 Å². The lowest BCUT2D eigenvalue weighted by Crippen LogP contribution is -2.85. The van der Waals surface area contributed by atoms with Crippen molar-refractivity contribution in [1.29, 1.82) is 0 Å². The van der Waals surface area contributed by atoms with Gasteiger partial charge in [0.25, 0.3) is 5.91 Å². The van der Waals surface area contributed by atoms with E-state index in [1.807, 2.05) is 41.3 Å². The van der Waals surface area contributed by atoms with Crippen molar-refractivity contribution >= 4 is 5.91 Å². The molecule has 2 aliphatic heterocycles. The molecule has 2 aromatic rings. The lowest BCUT2D eigenvalue weighted by molar-refractivity contribution is -0.180. The first-order valence-electron chi connectivity index (χ1n) is 10.00. The second kappa shape index (κ2) is 6.47. The molecule has 2 atom stereocenters. The minimum absolute atomic E-state index is 0.0121. The molecular weight excluding hydrogens is 336 g/mol. The van der Waals surface area contributed by atoms with Crippen molar-refractivity contribution in [2.24, 2.45) is 5.92 Å². The second-order valence-corrected chi connectivity index (χ2v) is 8.36. The van der Waals surface area contributed by atoms with Gasteiger partial charge < -0.3 is 10.0 Å². The molecule has 0 aromatic heterocycles. The Morgan fingerprint density at radius 3 is 2.22 bits per heavy atom. The van der Waals surface area contributed by atoms with Crippen molar-refractivity contribution in [1.82, 2.24) is 9.80 Å². The molecule has 4 heteroatoms. The third-order valence-corrected chi connectivity index (χ3v) is 6.67. The Labute approximate surface area is 160 Å². The number of rotatable bonds is 5. The molecule has 5 rings (SSSR count). The van der Waals surface area contributed by atoms with Gasteiger partial charge in [0.2, 0.25) is 0 Å². The summed E-state index contributed by atoms with van der Waals surface area (Å²) in [4.78, 5) is 17.3. The van der Waals surface area contributed by atoms with Crippen molar-refractivity contribution in [2.45, 2.75) is 30.3 Å². The SMILES string of the molecule is O=C(c1ccccc1)N1CC2(C1)[C@H](c1ccccc1)[C@@H](CO)N2CC1CC1. The summed E-state index contributed by atoms with van der Waals surface area (Å²) in [5.41, 5.74) is 2.03. The van der Waals surface area contributed by atoms with Crippen LogP contribution >= 0.6 is 0 Å². The summed E-state index contributed by atoms with van der Waals surface area (Å²) in [7, 11) is 0. The fourth-order valence-electron chi connectivity index (χ4n) is 5.16. The Bertz CT molecular complexity index is 813. The van der Waals surface area contributed by atoms with Gasteiger partial charge in [-0.3, -0.25) is 9.69 Å². The number of aliphatic hydroxyl groups is 1. The van der Waals surface area contributed by atoms with Crippen LogP contribution in [0.1, 0.15) is 34.7 Å². The summed E-state index contributed by atoms with van der Waals surface area (Å²) in [6, 6.07) is 20.3. The first-order valence-corrected chi connectivity index (χ1v) is 10.00. The minimum Gasteiger partial charge on any atom is -0.395 e. The van der Waals surface area contributed by atoms with E-state index in [0.717, 1.165) is 31.1 Å². The van der Waals surface area contributed by atoms with Crippen LogP contribution in [0.5, 0.6) is 0 Å². The molecule has 3 aliphatic rings. The quantitative estimate of drug-likeness (QED) is 0.889. The highest BCUT2D eigenvalue weighted by Gasteiger charge is 2.66. The van der Waals surface area contributed by atoms with E-state index in [4.69, 9.17) is 0 Å². The van der Waals surface area contributed by atoms with Crippen molar-refractivity contribution < 1.29 is 9.90 Å². The zero-order valence-electron chi connectivity index (χ0n) is 15.5. The van der Waals surface area contributed by atoms with Gasteiger partial charge >= 0.3 is 0 Å². The monoisotopic (exact) mass is 362 g/mol. The van der Waals surface area contributed by atoms with Crippen LogP contribution in [0.4, 0.5) is 0 Å². The lowest BCUT2D eigenvalue weighted by atomic mass is 9.60. The fourth-order valence-corrected chi connectivity index (χ4v) is 5.16. The molecule has 1 aliphatic carbocycles. The van der Waals surface area contributed by atoms with Crippen LogP contribution in [0.2, 0.25) is 0 Å². The molecule has 1 N–H and O–H groups in total. The summed E-state index contributed by atoms with van der Waals surface area (Å²) < 4.78 is 0. The standard InChI is InChI=1S/C23H26N2O2/c26-14-20-21(18-7-3-1-4-8-18)23(25(20)13-17-11-12-17)15-24(16-23)22(27)19-9-5-2-6-10-19/h1-10,17,20-21,26H,11-16H2/t20-,21-/m1/s1. The third-order valence-electron chi connectivity index (χ3n) is 6.67. The first-order chi connectivity index (χ1) is 13.2. The summed E-state index contributed by atoms with van der Waals surface area (Å²) in [6.07, 6.45) is 2.60. The fraction of sp³-hybridized carbons (Fsp3) is 0.435.